The highest BCUT2D eigenvalue weighted by atomic mass is 79.9. The first kappa shape index (κ1) is 15.2. The lowest BCUT2D eigenvalue weighted by Crippen LogP contribution is -2.29. The third kappa shape index (κ3) is 3.48. The molecule has 0 saturated heterocycles. The Labute approximate surface area is 130 Å². The number of hydrogen-bond acceptors (Lipinski definition) is 3. The summed E-state index contributed by atoms with van der Waals surface area (Å²) in [5.74, 6) is -0.214. The molecule has 0 saturated carbocycles. The van der Waals surface area contributed by atoms with Crippen molar-refractivity contribution in [3.8, 4) is 5.75 Å². The second kappa shape index (κ2) is 6.52. The number of rotatable bonds is 4. The Morgan fingerprint density at radius 3 is 2.75 bits per heavy atom. The predicted octanol–water partition coefficient (Wildman–Crippen LogP) is 4.10. The van der Waals surface area contributed by atoms with Gasteiger partial charge in [-0.2, -0.15) is 0 Å². The fourth-order valence-electron chi connectivity index (χ4n) is 1.71. The quantitative estimate of drug-likeness (QED) is 0.836. The molecule has 0 fully saturated rings. The summed E-state index contributed by atoms with van der Waals surface area (Å²) >= 11 is 9.00. The van der Waals surface area contributed by atoms with Gasteiger partial charge in [0, 0.05) is 18.3 Å². The zero-order valence-electron chi connectivity index (χ0n) is 10.7. The first-order valence-corrected chi connectivity index (χ1v) is 7.14. The van der Waals surface area contributed by atoms with E-state index in [2.05, 4.69) is 20.9 Å². The van der Waals surface area contributed by atoms with Crippen molar-refractivity contribution in [2.24, 2.45) is 5.73 Å². The van der Waals surface area contributed by atoms with Gasteiger partial charge in [-0.3, -0.25) is 4.98 Å². The molecule has 2 rings (SSSR count). The maximum atomic E-state index is 13.5. The minimum absolute atomic E-state index is 0.0272. The number of pyridine rings is 1. The van der Waals surface area contributed by atoms with Gasteiger partial charge in [0.25, 0.3) is 0 Å². The number of hydrogen-bond donors (Lipinski definition) is 1. The van der Waals surface area contributed by atoms with Gasteiger partial charge in [-0.05, 0) is 41.1 Å². The van der Waals surface area contributed by atoms with Gasteiger partial charge in [-0.1, -0.05) is 17.7 Å². The Balaban J connectivity index is 2.32. The molecule has 2 atom stereocenters. The van der Waals surface area contributed by atoms with Gasteiger partial charge in [0.1, 0.15) is 11.6 Å². The minimum Gasteiger partial charge on any atom is -0.481 e. The van der Waals surface area contributed by atoms with E-state index in [0.29, 0.717) is 15.9 Å². The zero-order chi connectivity index (χ0) is 14.7. The van der Waals surface area contributed by atoms with Gasteiger partial charge in [0.15, 0.2) is 6.10 Å². The van der Waals surface area contributed by atoms with Crippen molar-refractivity contribution in [1.29, 1.82) is 0 Å². The minimum atomic E-state index is -0.547. The summed E-state index contributed by atoms with van der Waals surface area (Å²) in [7, 11) is 0. The van der Waals surface area contributed by atoms with Crippen molar-refractivity contribution in [2.45, 2.75) is 19.1 Å². The first-order valence-electron chi connectivity index (χ1n) is 5.96. The molecule has 0 spiro atoms. The lowest BCUT2D eigenvalue weighted by atomic mass is 10.1. The number of ether oxygens (including phenoxy) is 1. The summed E-state index contributed by atoms with van der Waals surface area (Å²) in [6.07, 6.45) is 1.18. The molecule has 1 heterocycles. The number of benzene rings is 1. The van der Waals surface area contributed by atoms with Gasteiger partial charge in [-0.25, -0.2) is 4.39 Å². The van der Waals surface area contributed by atoms with Crippen LogP contribution < -0.4 is 10.5 Å². The van der Waals surface area contributed by atoms with E-state index in [1.165, 1.54) is 12.1 Å². The van der Waals surface area contributed by atoms with Crippen LogP contribution in [-0.4, -0.2) is 11.0 Å². The SMILES string of the molecule is CC(N)C(Oc1cc(F)c(Cl)cc1Br)c1ccccn1. The fourth-order valence-corrected chi connectivity index (χ4v) is 2.45. The molecule has 0 amide bonds. The number of nitrogens with two attached hydrogens (primary N) is 1. The normalized spacial score (nSPS) is 13.8. The van der Waals surface area contributed by atoms with Gasteiger partial charge < -0.3 is 10.5 Å². The summed E-state index contributed by atoms with van der Waals surface area (Å²) in [4.78, 5) is 4.23. The maximum absolute atomic E-state index is 13.5. The Hall–Kier alpha value is -1.17. The van der Waals surface area contributed by atoms with E-state index in [0.717, 1.165) is 0 Å². The van der Waals surface area contributed by atoms with E-state index in [4.69, 9.17) is 22.1 Å². The van der Waals surface area contributed by atoms with E-state index in [1.54, 1.807) is 19.2 Å². The molecule has 2 aromatic rings. The van der Waals surface area contributed by atoms with Crippen LogP contribution >= 0.6 is 27.5 Å². The molecule has 0 radical (unpaired) electrons. The molecular formula is C14H13BrClFN2O. The van der Waals surface area contributed by atoms with Crippen LogP contribution in [0.1, 0.15) is 18.7 Å². The maximum Gasteiger partial charge on any atom is 0.155 e. The number of nitrogens with zero attached hydrogens (tertiary/aromatic N) is 1. The van der Waals surface area contributed by atoms with Gasteiger partial charge >= 0.3 is 0 Å². The smallest absolute Gasteiger partial charge is 0.155 e. The molecule has 0 aliphatic rings. The third-order valence-corrected chi connectivity index (χ3v) is 3.59. The molecule has 6 heteroatoms. The molecule has 3 nitrogen and oxygen atoms in total. The molecular weight excluding hydrogens is 347 g/mol. The second-order valence-electron chi connectivity index (χ2n) is 4.35. The Morgan fingerprint density at radius 1 is 1.40 bits per heavy atom. The lowest BCUT2D eigenvalue weighted by Gasteiger charge is -2.22. The Bertz CT molecular complexity index is 595. The summed E-state index contributed by atoms with van der Waals surface area (Å²) in [6.45, 7) is 1.81. The van der Waals surface area contributed by atoms with Crippen LogP contribution in [0.25, 0.3) is 0 Å². The highest BCUT2D eigenvalue weighted by molar-refractivity contribution is 9.10. The van der Waals surface area contributed by atoms with Crippen molar-refractivity contribution >= 4 is 27.5 Å². The highest BCUT2D eigenvalue weighted by Crippen LogP contribution is 2.33. The Kier molecular flexibility index (Phi) is 4.96. The molecule has 1 aromatic heterocycles. The number of aromatic nitrogens is 1. The molecule has 0 aliphatic carbocycles. The van der Waals surface area contributed by atoms with Crippen LogP contribution in [0, 0.1) is 5.82 Å². The standard InChI is InChI=1S/C14H13BrClFN2O/c1-8(18)14(12-4-2-3-5-19-12)20-13-7-11(17)10(16)6-9(13)15/h2-8,14H,18H2,1H3. The second-order valence-corrected chi connectivity index (χ2v) is 5.61. The van der Waals surface area contributed by atoms with Crippen LogP contribution in [0.3, 0.4) is 0 Å². The molecule has 2 N–H and O–H groups in total. The monoisotopic (exact) mass is 358 g/mol. The molecule has 1 aromatic carbocycles. The van der Waals surface area contributed by atoms with Gasteiger partial charge in [0.2, 0.25) is 0 Å². The van der Waals surface area contributed by atoms with Crippen LogP contribution in [0.5, 0.6) is 5.75 Å². The van der Waals surface area contributed by atoms with Crippen LogP contribution in [-0.2, 0) is 0 Å². The largest absolute Gasteiger partial charge is 0.481 e. The van der Waals surface area contributed by atoms with Crippen molar-refractivity contribution in [3.63, 3.8) is 0 Å². The average Bonchev–Trinajstić information content (AvgIpc) is 2.42. The van der Waals surface area contributed by atoms with Crippen molar-refractivity contribution in [2.75, 3.05) is 0 Å². The number of halogens is 3. The van der Waals surface area contributed by atoms with Crippen molar-refractivity contribution < 1.29 is 9.13 Å². The molecule has 2 unspecified atom stereocenters. The first-order chi connectivity index (χ1) is 9.49. The van der Waals surface area contributed by atoms with Crippen LogP contribution in [0.4, 0.5) is 4.39 Å². The Morgan fingerprint density at radius 2 is 2.15 bits per heavy atom. The summed E-state index contributed by atoms with van der Waals surface area (Å²) in [6, 6.07) is 7.83. The van der Waals surface area contributed by atoms with E-state index < -0.39 is 11.9 Å². The van der Waals surface area contributed by atoms with Gasteiger partial charge in [-0.15, -0.1) is 0 Å². The van der Waals surface area contributed by atoms with E-state index in [1.807, 2.05) is 12.1 Å². The molecule has 0 aliphatic heterocycles. The van der Waals surface area contributed by atoms with E-state index >= 15 is 0 Å². The zero-order valence-corrected chi connectivity index (χ0v) is 13.0. The average molecular weight is 360 g/mol. The molecule has 0 bridgehead atoms. The van der Waals surface area contributed by atoms with E-state index in [9.17, 15) is 4.39 Å². The van der Waals surface area contributed by atoms with Crippen LogP contribution in [0.15, 0.2) is 41.0 Å². The third-order valence-electron chi connectivity index (χ3n) is 2.69. The predicted molar refractivity (Wildman–Crippen MR) is 80.4 cm³/mol. The van der Waals surface area contributed by atoms with Crippen molar-refractivity contribution in [1.82, 2.24) is 4.98 Å². The molecule has 20 heavy (non-hydrogen) atoms. The lowest BCUT2D eigenvalue weighted by molar-refractivity contribution is 0.174. The van der Waals surface area contributed by atoms with Gasteiger partial charge in [0.05, 0.1) is 15.2 Å². The topological polar surface area (TPSA) is 48.1 Å². The van der Waals surface area contributed by atoms with Crippen LogP contribution in [0.2, 0.25) is 5.02 Å². The summed E-state index contributed by atoms with van der Waals surface area (Å²) < 4.78 is 19.9. The summed E-state index contributed by atoms with van der Waals surface area (Å²) in [5.41, 5.74) is 6.62. The highest BCUT2D eigenvalue weighted by Gasteiger charge is 2.21. The summed E-state index contributed by atoms with van der Waals surface area (Å²) in [5, 5.41) is 0.0272. The van der Waals surface area contributed by atoms with Crippen molar-refractivity contribution in [3.05, 3.63) is 57.5 Å². The van der Waals surface area contributed by atoms with E-state index in [-0.39, 0.29) is 11.1 Å². The molecule has 106 valence electrons. The fraction of sp³-hybridized carbons (Fsp3) is 0.214.